The van der Waals surface area contributed by atoms with Gasteiger partial charge in [-0.15, -0.1) is 0 Å². The first kappa shape index (κ1) is 10.5. The molecule has 0 aliphatic heterocycles. The Morgan fingerprint density at radius 2 is 2.38 bits per heavy atom. The molecule has 0 aromatic heterocycles. The highest BCUT2D eigenvalue weighted by atomic mass is 16.5. The van der Waals surface area contributed by atoms with Gasteiger partial charge in [0.1, 0.15) is 0 Å². The van der Waals surface area contributed by atoms with E-state index in [-0.39, 0.29) is 6.10 Å². The fraction of sp³-hybridized carbons (Fsp3) is 0.900. The van der Waals surface area contributed by atoms with Crippen molar-refractivity contribution >= 4 is 0 Å². The van der Waals surface area contributed by atoms with Gasteiger partial charge in [0.05, 0.1) is 12.2 Å². The molecule has 13 heavy (non-hydrogen) atoms. The smallest absolute Gasteiger partial charge is 0.156 e. The summed E-state index contributed by atoms with van der Waals surface area (Å²) in [5, 5.41) is 9.06. The van der Waals surface area contributed by atoms with Crippen LogP contribution in [0, 0.1) is 11.3 Å². The summed E-state index contributed by atoms with van der Waals surface area (Å²) in [7, 11) is 1.70. The van der Waals surface area contributed by atoms with Gasteiger partial charge < -0.3 is 9.47 Å². The van der Waals surface area contributed by atoms with Gasteiger partial charge in [-0.1, -0.05) is 0 Å². The molecule has 1 saturated carbocycles. The number of methoxy groups -OCH3 is 1. The molecule has 0 amide bonds. The summed E-state index contributed by atoms with van der Waals surface area (Å²) in [6.45, 7) is 2.53. The number of ether oxygens (including phenoxy) is 2. The average molecular weight is 183 g/mol. The normalized spacial score (nSPS) is 34.1. The summed E-state index contributed by atoms with van der Waals surface area (Å²) >= 11 is 0. The van der Waals surface area contributed by atoms with Gasteiger partial charge in [0.2, 0.25) is 0 Å². The Hall–Kier alpha value is -0.590. The van der Waals surface area contributed by atoms with E-state index in [1.54, 1.807) is 7.11 Å². The van der Waals surface area contributed by atoms with Gasteiger partial charge in [0.15, 0.2) is 5.60 Å². The van der Waals surface area contributed by atoms with Gasteiger partial charge in [-0.05, 0) is 26.2 Å². The van der Waals surface area contributed by atoms with Crippen molar-refractivity contribution in [1.29, 1.82) is 5.26 Å². The van der Waals surface area contributed by atoms with Crippen LogP contribution in [0.4, 0.5) is 0 Å². The Morgan fingerprint density at radius 3 is 2.92 bits per heavy atom. The monoisotopic (exact) mass is 183 g/mol. The van der Waals surface area contributed by atoms with E-state index in [9.17, 15) is 0 Å². The van der Waals surface area contributed by atoms with E-state index in [2.05, 4.69) is 6.07 Å². The van der Waals surface area contributed by atoms with Crippen molar-refractivity contribution in [2.24, 2.45) is 0 Å². The summed E-state index contributed by atoms with van der Waals surface area (Å²) in [6, 6.07) is 2.28. The highest BCUT2D eigenvalue weighted by molar-refractivity contribution is 5.05. The van der Waals surface area contributed by atoms with E-state index in [1.165, 1.54) is 0 Å². The summed E-state index contributed by atoms with van der Waals surface area (Å²) in [5.74, 6) is 0. The molecule has 0 spiro atoms. The lowest BCUT2D eigenvalue weighted by atomic mass is 9.84. The molecule has 3 nitrogen and oxygen atoms in total. The van der Waals surface area contributed by atoms with Crippen LogP contribution in [0.2, 0.25) is 0 Å². The number of nitrogens with zero attached hydrogens (tertiary/aromatic N) is 1. The predicted octanol–water partition coefficient (Wildman–Crippen LogP) is 1.87. The SMILES string of the molecule is CCOC1(C#N)CCCC(OC)C1. The van der Waals surface area contributed by atoms with Gasteiger partial charge in [-0.3, -0.25) is 0 Å². The highest BCUT2D eigenvalue weighted by Gasteiger charge is 2.37. The van der Waals surface area contributed by atoms with Crippen LogP contribution in [0.25, 0.3) is 0 Å². The Bertz CT molecular complexity index is 196. The quantitative estimate of drug-likeness (QED) is 0.670. The lowest BCUT2D eigenvalue weighted by Crippen LogP contribution is -2.39. The Balaban J connectivity index is 2.59. The molecule has 0 aromatic rings. The maximum Gasteiger partial charge on any atom is 0.156 e. The molecule has 0 N–H and O–H groups in total. The first-order chi connectivity index (χ1) is 6.26. The third-order valence-corrected chi connectivity index (χ3v) is 2.62. The van der Waals surface area contributed by atoms with E-state index < -0.39 is 5.60 Å². The molecule has 3 heteroatoms. The van der Waals surface area contributed by atoms with Crippen molar-refractivity contribution in [2.45, 2.75) is 44.3 Å². The molecular weight excluding hydrogens is 166 g/mol. The molecule has 74 valence electrons. The van der Waals surface area contributed by atoms with Gasteiger partial charge in [-0.2, -0.15) is 5.26 Å². The number of nitriles is 1. The zero-order valence-corrected chi connectivity index (χ0v) is 8.38. The van der Waals surface area contributed by atoms with Crippen molar-refractivity contribution in [3.8, 4) is 6.07 Å². The first-order valence-corrected chi connectivity index (χ1v) is 4.84. The second-order valence-corrected chi connectivity index (χ2v) is 3.49. The molecular formula is C10H17NO2. The molecule has 1 aliphatic carbocycles. The van der Waals surface area contributed by atoms with Crippen molar-refractivity contribution in [3.63, 3.8) is 0 Å². The second kappa shape index (κ2) is 4.59. The standard InChI is InChI=1S/C10H17NO2/c1-3-13-10(8-11)6-4-5-9(7-10)12-2/h9H,3-7H2,1-2H3. The zero-order chi connectivity index (χ0) is 9.73. The van der Waals surface area contributed by atoms with E-state index >= 15 is 0 Å². The average Bonchev–Trinajstić information content (AvgIpc) is 2.19. The van der Waals surface area contributed by atoms with Crippen LogP contribution in [0.5, 0.6) is 0 Å². The minimum Gasteiger partial charge on any atom is -0.381 e. The van der Waals surface area contributed by atoms with Crippen LogP contribution in [0.1, 0.15) is 32.6 Å². The Kier molecular flexibility index (Phi) is 3.71. The third kappa shape index (κ3) is 2.43. The highest BCUT2D eigenvalue weighted by Crippen LogP contribution is 2.32. The molecule has 0 saturated heterocycles. The largest absolute Gasteiger partial charge is 0.381 e. The molecule has 0 heterocycles. The van der Waals surface area contributed by atoms with Crippen LogP contribution in [0.3, 0.4) is 0 Å². The van der Waals surface area contributed by atoms with Gasteiger partial charge in [0.25, 0.3) is 0 Å². The molecule has 1 fully saturated rings. The van der Waals surface area contributed by atoms with E-state index in [4.69, 9.17) is 14.7 Å². The van der Waals surface area contributed by atoms with E-state index in [0.717, 1.165) is 19.3 Å². The summed E-state index contributed by atoms with van der Waals surface area (Å²) in [5.41, 5.74) is -0.576. The minimum atomic E-state index is -0.576. The lowest BCUT2D eigenvalue weighted by Gasteiger charge is -2.34. The van der Waals surface area contributed by atoms with Crippen LogP contribution in [-0.2, 0) is 9.47 Å². The van der Waals surface area contributed by atoms with Crippen LogP contribution < -0.4 is 0 Å². The molecule has 2 atom stereocenters. The Morgan fingerprint density at radius 1 is 1.62 bits per heavy atom. The van der Waals surface area contributed by atoms with E-state index in [1.807, 2.05) is 6.92 Å². The van der Waals surface area contributed by atoms with Crippen molar-refractivity contribution in [3.05, 3.63) is 0 Å². The fourth-order valence-corrected chi connectivity index (χ4v) is 1.93. The molecule has 2 unspecified atom stereocenters. The molecule has 0 radical (unpaired) electrons. The second-order valence-electron chi connectivity index (χ2n) is 3.49. The zero-order valence-electron chi connectivity index (χ0n) is 8.38. The number of hydrogen-bond donors (Lipinski definition) is 0. The van der Waals surface area contributed by atoms with Crippen LogP contribution in [-0.4, -0.2) is 25.4 Å². The van der Waals surface area contributed by atoms with Crippen LogP contribution in [0.15, 0.2) is 0 Å². The minimum absolute atomic E-state index is 0.194. The van der Waals surface area contributed by atoms with Gasteiger partial charge in [-0.25, -0.2) is 0 Å². The molecule has 1 aliphatic rings. The molecule has 0 aromatic carbocycles. The first-order valence-electron chi connectivity index (χ1n) is 4.84. The number of hydrogen-bond acceptors (Lipinski definition) is 3. The summed E-state index contributed by atoms with van der Waals surface area (Å²) in [6.07, 6.45) is 3.82. The van der Waals surface area contributed by atoms with E-state index in [0.29, 0.717) is 13.0 Å². The predicted molar refractivity (Wildman–Crippen MR) is 49.2 cm³/mol. The maximum absolute atomic E-state index is 9.06. The van der Waals surface area contributed by atoms with Gasteiger partial charge >= 0.3 is 0 Å². The van der Waals surface area contributed by atoms with Crippen LogP contribution >= 0.6 is 0 Å². The molecule has 1 rings (SSSR count). The maximum atomic E-state index is 9.06. The third-order valence-electron chi connectivity index (χ3n) is 2.62. The van der Waals surface area contributed by atoms with Gasteiger partial charge in [0, 0.05) is 20.1 Å². The van der Waals surface area contributed by atoms with Crippen molar-refractivity contribution in [2.75, 3.05) is 13.7 Å². The topological polar surface area (TPSA) is 42.2 Å². The lowest BCUT2D eigenvalue weighted by molar-refractivity contribution is -0.0674. The molecule has 0 bridgehead atoms. The fourth-order valence-electron chi connectivity index (χ4n) is 1.93. The summed E-state index contributed by atoms with van der Waals surface area (Å²) < 4.78 is 10.8. The Labute approximate surface area is 79.6 Å². The van der Waals surface area contributed by atoms with Crippen molar-refractivity contribution in [1.82, 2.24) is 0 Å². The van der Waals surface area contributed by atoms with Crippen molar-refractivity contribution < 1.29 is 9.47 Å². The summed E-state index contributed by atoms with van der Waals surface area (Å²) in [4.78, 5) is 0. The number of rotatable bonds is 3.